The van der Waals surface area contributed by atoms with E-state index in [4.69, 9.17) is 16.3 Å². The van der Waals surface area contributed by atoms with E-state index in [1.807, 2.05) is 36.4 Å². The van der Waals surface area contributed by atoms with Crippen LogP contribution in [-0.2, 0) is 0 Å². The van der Waals surface area contributed by atoms with Crippen molar-refractivity contribution < 1.29 is 9.53 Å². The Morgan fingerprint density at radius 2 is 1.89 bits per heavy atom. The number of anilines is 1. The topological polar surface area (TPSA) is 63.6 Å². The van der Waals surface area contributed by atoms with E-state index in [-0.39, 0.29) is 0 Å². The molecule has 0 saturated carbocycles. The lowest BCUT2D eigenvalue weighted by Gasteiger charge is -2.05. The van der Waals surface area contributed by atoms with Crippen molar-refractivity contribution in [2.45, 2.75) is 0 Å². The maximum atomic E-state index is 12.1. The number of nitrogens with one attached hydrogen (secondary N) is 1. The average Bonchev–Trinajstić information content (AvgIpc) is 3.12. The van der Waals surface area contributed by atoms with Crippen LogP contribution in [0.2, 0.25) is 5.02 Å². The predicted octanol–water partition coefficient (Wildman–Crippen LogP) is 5.61. The van der Waals surface area contributed by atoms with E-state index in [9.17, 15) is 4.79 Å². The number of thiazole rings is 1. The predicted molar refractivity (Wildman–Crippen MR) is 114 cm³/mol. The van der Waals surface area contributed by atoms with Crippen LogP contribution in [-0.4, -0.2) is 17.2 Å². The molecule has 0 bridgehead atoms. The summed E-state index contributed by atoms with van der Waals surface area (Å²) in [4.78, 5) is 16.6. The Balaban J connectivity index is 1.37. The van der Waals surface area contributed by atoms with Crippen LogP contribution < -0.4 is 10.2 Å². The second-order valence-corrected chi connectivity index (χ2v) is 7.29. The van der Waals surface area contributed by atoms with Crippen LogP contribution in [0, 0.1) is 0 Å². The molecule has 0 spiro atoms. The van der Waals surface area contributed by atoms with E-state index < -0.39 is 5.97 Å². The first-order chi connectivity index (χ1) is 13.7. The Kier molecular flexibility index (Phi) is 5.32. The molecular formula is C21H14ClN3O2S. The van der Waals surface area contributed by atoms with Gasteiger partial charge in [-0.1, -0.05) is 41.1 Å². The summed E-state index contributed by atoms with van der Waals surface area (Å²) in [6.07, 6.45) is 1.68. The van der Waals surface area contributed by atoms with Gasteiger partial charge in [-0.3, -0.25) is 5.43 Å². The molecule has 0 aliphatic heterocycles. The number of halogens is 1. The molecule has 138 valence electrons. The van der Waals surface area contributed by atoms with Crippen molar-refractivity contribution in [1.82, 2.24) is 4.98 Å². The van der Waals surface area contributed by atoms with Crippen molar-refractivity contribution in [3.8, 4) is 5.75 Å². The minimum Gasteiger partial charge on any atom is -0.423 e. The van der Waals surface area contributed by atoms with Crippen LogP contribution in [0.1, 0.15) is 15.9 Å². The summed E-state index contributed by atoms with van der Waals surface area (Å²) in [5, 5.41) is 5.42. The number of ether oxygens (including phenoxy) is 1. The highest BCUT2D eigenvalue weighted by Crippen LogP contribution is 2.25. The number of hydrogen-bond acceptors (Lipinski definition) is 6. The van der Waals surface area contributed by atoms with Gasteiger partial charge in [0.05, 0.1) is 22.0 Å². The molecule has 7 heteroatoms. The van der Waals surface area contributed by atoms with Gasteiger partial charge < -0.3 is 4.74 Å². The van der Waals surface area contributed by atoms with Gasteiger partial charge in [-0.25, -0.2) is 9.78 Å². The van der Waals surface area contributed by atoms with E-state index in [0.717, 1.165) is 20.9 Å². The molecule has 28 heavy (non-hydrogen) atoms. The van der Waals surface area contributed by atoms with E-state index in [1.165, 1.54) is 11.3 Å². The average molecular weight is 408 g/mol. The maximum absolute atomic E-state index is 12.1. The van der Waals surface area contributed by atoms with Crippen LogP contribution in [0.5, 0.6) is 5.75 Å². The van der Waals surface area contributed by atoms with Crippen molar-refractivity contribution in [1.29, 1.82) is 0 Å². The van der Waals surface area contributed by atoms with Crippen LogP contribution in [0.25, 0.3) is 10.2 Å². The number of hydrogen-bond donors (Lipinski definition) is 1. The van der Waals surface area contributed by atoms with Crippen LogP contribution >= 0.6 is 22.9 Å². The summed E-state index contributed by atoms with van der Waals surface area (Å²) in [5.74, 6) is -0.0114. The summed E-state index contributed by atoms with van der Waals surface area (Å²) in [7, 11) is 0. The molecule has 0 amide bonds. The summed E-state index contributed by atoms with van der Waals surface area (Å²) < 4.78 is 6.45. The third-order valence-corrected chi connectivity index (χ3v) is 4.99. The monoisotopic (exact) mass is 407 g/mol. The van der Waals surface area contributed by atoms with Gasteiger partial charge in [0.1, 0.15) is 5.75 Å². The Hall–Kier alpha value is -3.22. The molecule has 0 unspecified atom stereocenters. The number of fused-ring (bicyclic) bond motifs is 1. The number of benzene rings is 3. The Morgan fingerprint density at radius 3 is 2.68 bits per heavy atom. The van der Waals surface area contributed by atoms with Gasteiger partial charge in [0.25, 0.3) is 0 Å². The van der Waals surface area contributed by atoms with Crippen LogP contribution in [0.3, 0.4) is 0 Å². The zero-order valence-corrected chi connectivity index (χ0v) is 16.1. The molecule has 0 atom stereocenters. The maximum Gasteiger partial charge on any atom is 0.343 e. The SMILES string of the molecule is O=C(Oc1ccc(/C=N\Nc2nc3ccccc3s2)cc1)c1cccc(Cl)c1. The molecular weight excluding hydrogens is 394 g/mol. The van der Waals surface area contributed by atoms with Crippen molar-refractivity contribution >= 4 is 50.5 Å². The molecule has 3 aromatic carbocycles. The fourth-order valence-corrected chi connectivity index (χ4v) is 3.49. The summed E-state index contributed by atoms with van der Waals surface area (Å²) >= 11 is 7.43. The standard InChI is InChI=1S/C21H14ClN3O2S/c22-16-5-3-4-15(12-16)20(26)27-17-10-8-14(9-11-17)13-23-25-21-24-18-6-1-2-7-19(18)28-21/h1-13H,(H,24,25)/b23-13-. The Morgan fingerprint density at radius 1 is 1.07 bits per heavy atom. The highest BCUT2D eigenvalue weighted by atomic mass is 35.5. The number of aromatic nitrogens is 1. The Bertz CT molecular complexity index is 1120. The molecule has 0 aliphatic rings. The highest BCUT2D eigenvalue weighted by Gasteiger charge is 2.08. The number of rotatable bonds is 5. The molecule has 0 saturated heterocycles. The summed E-state index contributed by atoms with van der Waals surface area (Å²) in [5.41, 5.74) is 5.13. The number of para-hydroxylation sites is 1. The molecule has 0 radical (unpaired) electrons. The van der Waals surface area contributed by atoms with Crippen molar-refractivity contribution in [3.63, 3.8) is 0 Å². The van der Waals surface area contributed by atoms with E-state index in [2.05, 4.69) is 15.5 Å². The fourth-order valence-electron chi connectivity index (χ4n) is 2.49. The Labute approximate surface area is 170 Å². The first-order valence-corrected chi connectivity index (χ1v) is 9.59. The second-order valence-electron chi connectivity index (χ2n) is 5.83. The van der Waals surface area contributed by atoms with Gasteiger partial charge in [0.2, 0.25) is 5.13 Å². The zero-order chi connectivity index (χ0) is 19.3. The molecule has 4 rings (SSSR count). The third-order valence-electron chi connectivity index (χ3n) is 3.82. The van der Waals surface area contributed by atoms with Gasteiger partial charge in [-0.2, -0.15) is 5.10 Å². The molecule has 4 aromatic rings. The van der Waals surface area contributed by atoms with Gasteiger partial charge in [0, 0.05) is 5.02 Å². The van der Waals surface area contributed by atoms with Crippen LogP contribution in [0.15, 0.2) is 77.9 Å². The third kappa shape index (κ3) is 4.36. The van der Waals surface area contributed by atoms with Gasteiger partial charge in [-0.05, 0) is 60.2 Å². The second kappa shape index (κ2) is 8.21. The van der Waals surface area contributed by atoms with Crippen LogP contribution in [0.4, 0.5) is 5.13 Å². The fraction of sp³-hybridized carbons (Fsp3) is 0. The lowest BCUT2D eigenvalue weighted by molar-refractivity contribution is 0.0735. The smallest absolute Gasteiger partial charge is 0.343 e. The first-order valence-electron chi connectivity index (χ1n) is 8.40. The minimum atomic E-state index is -0.457. The highest BCUT2D eigenvalue weighted by molar-refractivity contribution is 7.22. The van der Waals surface area contributed by atoms with Crippen molar-refractivity contribution in [2.75, 3.05) is 5.43 Å². The van der Waals surface area contributed by atoms with Gasteiger partial charge in [-0.15, -0.1) is 0 Å². The van der Waals surface area contributed by atoms with Gasteiger partial charge >= 0.3 is 5.97 Å². The number of esters is 1. The van der Waals surface area contributed by atoms with E-state index in [1.54, 1.807) is 42.6 Å². The van der Waals surface area contributed by atoms with E-state index >= 15 is 0 Å². The quantitative estimate of drug-likeness (QED) is 0.202. The van der Waals surface area contributed by atoms with Gasteiger partial charge in [0.15, 0.2) is 0 Å². The summed E-state index contributed by atoms with van der Waals surface area (Å²) in [6, 6.07) is 21.6. The number of nitrogens with zero attached hydrogens (tertiary/aromatic N) is 2. The molecule has 0 fully saturated rings. The molecule has 0 aliphatic carbocycles. The number of carbonyl (C=O) groups is 1. The summed E-state index contributed by atoms with van der Waals surface area (Å²) in [6.45, 7) is 0. The largest absolute Gasteiger partial charge is 0.423 e. The normalized spacial score (nSPS) is 11.0. The molecule has 1 heterocycles. The van der Waals surface area contributed by atoms with E-state index in [0.29, 0.717) is 16.3 Å². The number of carbonyl (C=O) groups excluding carboxylic acids is 1. The zero-order valence-electron chi connectivity index (χ0n) is 14.5. The lowest BCUT2D eigenvalue weighted by atomic mass is 10.2. The van der Waals surface area contributed by atoms with Crippen molar-refractivity contribution in [2.24, 2.45) is 5.10 Å². The molecule has 5 nitrogen and oxygen atoms in total. The molecule has 1 aromatic heterocycles. The lowest BCUT2D eigenvalue weighted by Crippen LogP contribution is -2.08. The minimum absolute atomic E-state index is 0.401. The molecule has 1 N–H and O–H groups in total. The number of hydrazone groups is 1. The first kappa shape index (κ1) is 18.2. The van der Waals surface area contributed by atoms with Crippen molar-refractivity contribution in [3.05, 3.63) is 88.9 Å².